The van der Waals surface area contributed by atoms with Gasteiger partial charge < -0.3 is 10.4 Å². The van der Waals surface area contributed by atoms with E-state index >= 15 is 0 Å². The molecule has 98 valence electrons. The van der Waals surface area contributed by atoms with Crippen LogP contribution in [0.25, 0.3) is 0 Å². The van der Waals surface area contributed by atoms with Gasteiger partial charge in [-0.05, 0) is 25.1 Å². The van der Waals surface area contributed by atoms with Crippen molar-refractivity contribution in [3.05, 3.63) is 47.3 Å². The van der Waals surface area contributed by atoms with Crippen molar-refractivity contribution in [3.8, 4) is 0 Å². The minimum atomic E-state index is -1.23. The van der Waals surface area contributed by atoms with E-state index in [1.165, 1.54) is 18.2 Å². The second-order valence-electron chi connectivity index (χ2n) is 3.75. The molecule has 5 nitrogen and oxygen atoms in total. The van der Waals surface area contributed by atoms with Crippen LogP contribution in [0, 0.1) is 18.6 Å². The summed E-state index contributed by atoms with van der Waals surface area (Å²) in [5.41, 5.74) is 0.000427. The van der Waals surface area contributed by atoms with Crippen molar-refractivity contribution in [1.82, 2.24) is 9.97 Å². The molecule has 19 heavy (non-hydrogen) atoms. The molecule has 1 aromatic heterocycles. The maximum Gasteiger partial charge on any atom is 0.354 e. The lowest BCUT2D eigenvalue weighted by Crippen LogP contribution is -2.07. The Bertz CT molecular complexity index is 647. The topological polar surface area (TPSA) is 75.1 Å². The predicted octanol–water partition coefficient (Wildman–Crippen LogP) is 2.51. The van der Waals surface area contributed by atoms with Crippen LogP contribution in [0.1, 0.15) is 16.2 Å². The molecule has 0 aliphatic rings. The van der Waals surface area contributed by atoms with Crippen molar-refractivity contribution in [2.75, 3.05) is 5.32 Å². The van der Waals surface area contributed by atoms with Crippen molar-refractivity contribution in [3.63, 3.8) is 0 Å². The molecule has 0 atom stereocenters. The van der Waals surface area contributed by atoms with Crippen molar-refractivity contribution >= 4 is 17.6 Å². The number of benzene rings is 1. The number of hydrogen-bond donors (Lipinski definition) is 2. The van der Waals surface area contributed by atoms with E-state index in [0.717, 1.165) is 6.07 Å². The van der Waals surface area contributed by atoms with Gasteiger partial charge in [-0.2, -0.15) is 0 Å². The highest BCUT2D eigenvalue weighted by Crippen LogP contribution is 2.20. The zero-order valence-electron chi connectivity index (χ0n) is 9.82. The smallest absolute Gasteiger partial charge is 0.354 e. The lowest BCUT2D eigenvalue weighted by molar-refractivity contribution is 0.0690. The number of nitrogens with one attached hydrogen (secondary N) is 1. The van der Waals surface area contributed by atoms with Gasteiger partial charge in [0.1, 0.15) is 0 Å². The van der Waals surface area contributed by atoms with E-state index in [0.29, 0.717) is 5.69 Å². The fourth-order valence-electron chi connectivity index (χ4n) is 1.45. The van der Waals surface area contributed by atoms with Crippen LogP contribution < -0.4 is 5.32 Å². The van der Waals surface area contributed by atoms with Crippen LogP contribution in [0.15, 0.2) is 24.3 Å². The molecule has 0 aliphatic carbocycles. The van der Waals surface area contributed by atoms with Gasteiger partial charge in [0.25, 0.3) is 0 Å². The molecule has 0 fully saturated rings. The molecule has 0 radical (unpaired) electrons. The number of rotatable bonds is 3. The Balaban J connectivity index is 2.38. The summed E-state index contributed by atoms with van der Waals surface area (Å²) in [7, 11) is 0. The number of anilines is 2. The van der Waals surface area contributed by atoms with Gasteiger partial charge in [-0.3, -0.25) is 0 Å². The Morgan fingerprint density at radius 1 is 1.32 bits per heavy atom. The van der Waals surface area contributed by atoms with E-state index in [1.54, 1.807) is 6.92 Å². The zero-order chi connectivity index (χ0) is 14.0. The largest absolute Gasteiger partial charge is 0.477 e. The first kappa shape index (κ1) is 12.9. The van der Waals surface area contributed by atoms with E-state index in [4.69, 9.17) is 5.11 Å². The summed E-state index contributed by atoms with van der Waals surface area (Å²) in [6, 6.07) is 4.86. The number of aromatic carboxylic acids is 1. The van der Waals surface area contributed by atoms with Gasteiger partial charge in [0.05, 0.1) is 5.69 Å². The van der Waals surface area contributed by atoms with Crippen LogP contribution in [0.4, 0.5) is 20.4 Å². The lowest BCUT2D eigenvalue weighted by atomic mass is 10.3. The Kier molecular flexibility index (Phi) is 3.37. The van der Waals surface area contributed by atoms with Crippen LogP contribution in [-0.4, -0.2) is 21.0 Å². The summed E-state index contributed by atoms with van der Waals surface area (Å²) >= 11 is 0. The average molecular weight is 265 g/mol. The molecule has 0 amide bonds. The first-order chi connectivity index (χ1) is 8.97. The maximum absolute atomic E-state index is 13.4. The molecule has 2 rings (SSSR count). The number of aryl methyl sites for hydroxylation is 1. The van der Waals surface area contributed by atoms with Gasteiger partial charge in [-0.25, -0.2) is 23.5 Å². The maximum atomic E-state index is 13.4. The highest BCUT2D eigenvalue weighted by Gasteiger charge is 2.12. The third kappa shape index (κ3) is 2.82. The van der Waals surface area contributed by atoms with E-state index in [9.17, 15) is 13.6 Å². The van der Waals surface area contributed by atoms with Crippen LogP contribution >= 0.6 is 0 Å². The quantitative estimate of drug-likeness (QED) is 0.891. The van der Waals surface area contributed by atoms with Gasteiger partial charge in [0, 0.05) is 5.69 Å². The molecule has 0 bridgehead atoms. The van der Waals surface area contributed by atoms with Gasteiger partial charge in [-0.1, -0.05) is 6.07 Å². The lowest BCUT2D eigenvalue weighted by Gasteiger charge is -2.07. The van der Waals surface area contributed by atoms with Crippen LogP contribution in [0.3, 0.4) is 0 Å². The molecule has 0 spiro atoms. The van der Waals surface area contributed by atoms with Gasteiger partial charge in [0.2, 0.25) is 5.95 Å². The number of halogens is 2. The molecule has 7 heteroatoms. The van der Waals surface area contributed by atoms with Crippen molar-refractivity contribution in [2.24, 2.45) is 0 Å². The molecule has 0 aliphatic heterocycles. The summed E-state index contributed by atoms with van der Waals surface area (Å²) in [5.74, 6) is -3.43. The fourth-order valence-corrected chi connectivity index (χ4v) is 1.45. The normalized spacial score (nSPS) is 10.3. The Morgan fingerprint density at radius 2 is 2.05 bits per heavy atom. The molecule has 0 unspecified atom stereocenters. The first-order valence-electron chi connectivity index (χ1n) is 5.27. The molecular formula is C12H9F2N3O2. The second-order valence-corrected chi connectivity index (χ2v) is 3.75. The third-order valence-electron chi connectivity index (χ3n) is 2.27. The molecular weight excluding hydrogens is 256 g/mol. The van der Waals surface area contributed by atoms with Crippen molar-refractivity contribution in [2.45, 2.75) is 6.92 Å². The Hall–Kier alpha value is -2.57. The van der Waals surface area contributed by atoms with E-state index < -0.39 is 17.6 Å². The molecule has 1 aromatic carbocycles. The molecule has 0 saturated heterocycles. The van der Waals surface area contributed by atoms with E-state index in [1.807, 2.05) is 0 Å². The minimum absolute atomic E-state index is 0.109. The number of carboxylic acid groups (broad SMARTS) is 1. The molecule has 1 heterocycles. The Labute approximate surface area is 106 Å². The number of hydrogen-bond acceptors (Lipinski definition) is 4. The minimum Gasteiger partial charge on any atom is -0.477 e. The van der Waals surface area contributed by atoms with Crippen molar-refractivity contribution < 1.29 is 18.7 Å². The SMILES string of the molecule is Cc1cc(C(=O)O)nc(Nc2cccc(F)c2F)n1. The number of aromatic nitrogens is 2. The van der Waals surface area contributed by atoms with Crippen molar-refractivity contribution in [1.29, 1.82) is 0 Å². The average Bonchev–Trinajstić information content (AvgIpc) is 2.34. The number of carboxylic acids is 1. The standard InChI is InChI=1S/C12H9F2N3O2/c1-6-5-9(11(18)19)17-12(15-6)16-8-4-2-3-7(13)10(8)14/h2-5H,1H3,(H,18,19)(H,15,16,17). The highest BCUT2D eigenvalue weighted by atomic mass is 19.2. The summed E-state index contributed by atoms with van der Waals surface area (Å²) in [4.78, 5) is 18.4. The molecule has 0 saturated carbocycles. The fraction of sp³-hybridized carbons (Fsp3) is 0.0833. The van der Waals surface area contributed by atoms with Gasteiger partial charge in [0.15, 0.2) is 17.3 Å². The van der Waals surface area contributed by atoms with Gasteiger partial charge in [-0.15, -0.1) is 0 Å². The number of nitrogens with zero attached hydrogens (tertiary/aromatic N) is 2. The summed E-state index contributed by atoms with van der Waals surface area (Å²) in [6.45, 7) is 1.57. The molecule has 2 N–H and O–H groups in total. The van der Waals surface area contributed by atoms with Gasteiger partial charge >= 0.3 is 5.97 Å². The Morgan fingerprint density at radius 3 is 2.74 bits per heavy atom. The van der Waals surface area contributed by atoms with Crippen LogP contribution in [0.2, 0.25) is 0 Å². The summed E-state index contributed by atoms with van der Waals surface area (Å²) in [6.07, 6.45) is 0. The predicted molar refractivity (Wildman–Crippen MR) is 63.4 cm³/mol. The summed E-state index contributed by atoms with van der Waals surface area (Å²) in [5, 5.41) is 11.3. The second kappa shape index (κ2) is 4.97. The van der Waals surface area contributed by atoms with Crippen LogP contribution in [-0.2, 0) is 0 Å². The number of carbonyl (C=O) groups is 1. The summed E-state index contributed by atoms with van der Waals surface area (Å²) < 4.78 is 26.5. The van der Waals surface area contributed by atoms with E-state index in [-0.39, 0.29) is 17.3 Å². The molecule has 2 aromatic rings. The monoisotopic (exact) mass is 265 g/mol. The van der Waals surface area contributed by atoms with E-state index in [2.05, 4.69) is 15.3 Å². The highest BCUT2D eigenvalue weighted by molar-refractivity contribution is 5.85. The third-order valence-corrected chi connectivity index (χ3v) is 2.27. The van der Waals surface area contributed by atoms with Crippen LogP contribution in [0.5, 0.6) is 0 Å². The first-order valence-corrected chi connectivity index (χ1v) is 5.27. The zero-order valence-corrected chi connectivity index (χ0v) is 9.82.